The van der Waals surface area contributed by atoms with E-state index in [1.807, 2.05) is 4.90 Å². The van der Waals surface area contributed by atoms with Crippen LogP contribution in [0.5, 0.6) is 0 Å². The molecular formula is C14H25N3O2. The van der Waals surface area contributed by atoms with Crippen molar-refractivity contribution in [2.45, 2.75) is 51.0 Å². The molecule has 2 heterocycles. The minimum Gasteiger partial charge on any atom is -0.354 e. The van der Waals surface area contributed by atoms with E-state index in [0.29, 0.717) is 13.0 Å². The first-order chi connectivity index (χ1) is 9.27. The summed E-state index contributed by atoms with van der Waals surface area (Å²) in [7, 11) is 0. The number of hydrogen-bond donors (Lipinski definition) is 2. The molecule has 2 rings (SSSR count). The number of rotatable bonds is 4. The summed E-state index contributed by atoms with van der Waals surface area (Å²) >= 11 is 0. The van der Waals surface area contributed by atoms with E-state index in [2.05, 4.69) is 10.6 Å². The van der Waals surface area contributed by atoms with Crippen LogP contribution in [-0.2, 0) is 9.59 Å². The van der Waals surface area contributed by atoms with Gasteiger partial charge in [0.2, 0.25) is 11.8 Å². The van der Waals surface area contributed by atoms with Crippen LogP contribution in [0.4, 0.5) is 0 Å². The maximum Gasteiger partial charge on any atom is 0.237 e. The number of carbonyl (C=O) groups excluding carboxylic acids is 2. The van der Waals surface area contributed by atoms with Gasteiger partial charge >= 0.3 is 0 Å². The Kier molecular flexibility index (Phi) is 5.63. The second-order valence-electron chi connectivity index (χ2n) is 5.48. The van der Waals surface area contributed by atoms with Crippen molar-refractivity contribution >= 4 is 11.8 Å². The van der Waals surface area contributed by atoms with Crippen molar-refractivity contribution in [2.24, 2.45) is 0 Å². The molecule has 0 saturated carbocycles. The zero-order valence-corrected chi connectivity index (χ0v) is 11.6. The van der Waals surface area contributed by atoms with E-state index in [9.17, 15) is 9.59 Å². The maximum absolute atomic E-state index is 11.9. The predicted molar refractivity (Wildman–Crippen MR) is 73.7 cm³/mol. The van der Waals surface area contributed by atoms with Crippen molar-refractivity contribution in [1.82, 2.24) is 15.5 Å². The number of nitrogens with one attached hydrogen (secondary N) is 2. The van der Waals surface area contributed by atoms with Crippen molar-refractivity contribution < 1.29 is 9.59 Å². The van der Waals surface area contributed by atoms with Crippen molar-refractivity contribution in [1.29, 1.82) is 0 Å². The quantitative estimate of drug-likeness (QED) is 0.786. The van der Waals surface area contributed by atoms with E-state index in [4.69, 9.17) is 0 Å². The number of piperidine rings is 2. The Morgan fingerprint density at radius 1 is 1.11 bits per heavy atom. The largest absolute Gasteiger partial charge is 0.354 e. The van der Waals surface area contributed by atoms with Crippen LogP contribution in [-0.4, -0.2) is 48.9 Å². The van der Waals surface area contributed by atoms with Crippen LogP contribution in [0.3, 0.4) is 0 Å². The molecule has 2 aliphatic rings. The number of carbonyl (C=O) groups is 2. The van der Waals surface area contributed by atoms with Crippen molar-refractivity contribution in [3.05, 3.63) is 0 Å². The highest BCUT2D eigenvalue weighted by Crippen LogP contribution is 2.10. The summed E-state index contributed by atoms with van der Waals surface area (Å²) in [6, 6.07) is -0.0566. The minimum atomic E-state index is -0.0566. The van der Waals surface area contributed by atoms with Crippen molar-refractivity contribution in [2.75, 3.05) is 26.2 Å². The zero-order chi connectivity index (χ0) is 13.5. The molecule has 0 aromatic heterocycles. The van der Waals surface area contributed by atoms with Gasteiger partial charge in [0.25, 0.3) is 0 Å². The molecule has 0 bridgehead atoms. The summed E-state index contributed by atoms with van der Waals surface area (Å²) in [6.07, 6.45) is 7.06. The van der Waals surface area contributed by atoms with Crippen molar-refractivity contribution in [3.63, 3.8) is 0 Å². The Morgan fingerprint density at radius 2 is 1.89 bits per heavy atom. The molecule has 0 radical (unpaired) electrons. The number of likely N-dealkylation sites (tertiary alicyclic amines) is 1. The van der Waals surface area contributed by atoms with Gasteiger partial charge in [0.05, 0.1) is 6.04 Å². The summed E-state index contributed by atoms with van der Waals surface area (Å²) in [4.78, 5) is 25.7. The lowest BCUT2D eigenvalue weighted by molar-refractivity contribution is -0.132. The van der Waals surface area contributed by atoms with Gasteiger partial charge in [-0.25, -0.2) is 0 Å². The number of hydrogen-bond acceptors (Lipinski definition) is 3. The Hall–Kier alpha value is -1.10. The molecule has 0 unspecified atom stereocenters. The van der Waals surface area contributed by atoms with Gasteiger partial charge < -0.3 is 15.5 Å². The van der Waals surface area contributed by atoms with Crippen LogP contribution < -0.4 is 10.6 Å². The minimum absolute atomic E-state index is 0.0474. The van der Waals surface area contributed by atoms with Gasteiger partial charge in [-0.15, -0.1) is 0 Å². The average Bonchev–Trinajstić information content (AvgIpc) is 2.49. The Balaban J connectivity index is 1.62. The highest BCUT2D eigenvalue weighted by molar-refractivity contribution is 5.82. The van der Waals surface area contributed by atoms with Gasteiger partial charge in [0, 0.05) is 26.1 Å². The number of nitrogens with zero attached hydrogens (tertiary/aromatic N) is 1. The number of amides is 2. The fourth-order valence-corrected chi connectivity index (χ4v) is 2.79. The Bertz CT molecular complexity index is 278. The van der Waals surface area contributed by atoms with Gasteiger partial charge in [0.1, 0.15) is 0 Å². The van der Waals surface area contributed by atoms with E-state index >= 15 is 0 Å². The summed E-state index contributed by atoms with van der Waals surface area (Å²) in [5.41, 5.74) is 0. The molecule has 108 valence electrons. The van der Waals surface area contributed by atoms with Crippen LogP contribution >= 0.6 is 0 Å². The van der Waals surface area contributed by atoms with Gasteiger partial charge in [-0.1, -0.05) is 6.42 Å². The molecule has 5 nitrogen and oxygen atoms in total. The molecule has 0 aromatic rings. The molecule has 0 spiro atoms. The van der Waals surface area contributed by atoms with E-state index in [-0.39, 0.29) is 17.9 Å². The topological polar surface area (TPSA) is 61.4 Å². The maximum atomic E-state index is 11.9. The monoisotopic (exact) mass is 267 g/mol. The van der Waals surface area contributed by atoms with Gasteiger partial charge in [-0.3, -0.25) is 9.59 Å². The molecule has 5 heteroatoms. The lowest BCUT2D eigenvalue weighted by atomic mass is 10.0. The summed E-state index contributed by atoms with van der Waals surface area (Å²) < 4.78 is 0. The van der Waals surface area contributed by atoms with Crippen molar-refractivity contribution in [3.8, 4) is 0 Å². The third-order valence-electron chi connectivity index (χ3n) is 3.97. The molecule has 1 atom stereocenters. The molecule has 0 aromatic carbocycles. The van der Waals surface area contributed by atoms with Crippen LogP contribution in [0.2, 0.25) is 0 Å². The van der Waals surface area contributed by atoms with Gasteiger partial charge in [-0.2, -0.15) is 0 Å². The van der Waals surface area contributed by atoms with Gasteiger partial charge in [0.15, 0.2) is 0 Å². The highest BCUT2D eigenvalue weighted by Gasteiger charge is 2.21. The molecule has 0 aliphatic carbocycles. The predicted octanol–water partition coefficient (Wildman–Crippen LogP) is 0.647. The van der Waals surface area contributed by atoms with Crippen LogP contribution in [0.15, 0.2) is 0 Å². The average molecular weight is 267 g/mol. The lowest BCUT2D eigenvalue weighted by Gasteiger charge is -2.27. The SMILES string of the molecule is O=C(NCCC(=O)N1CCCCC1)[C@H]1CCCCN1. The first-order valence-corrected chi connectivity index (χ1v) is 7.56. The van der Waals surface area contributed by atoms with Crippen LogP contribution in [0.25, 0.3) is 0 Å². The van der Waals surface area contributed by atoms with E-state index in [1.54, 1.807) is 0 Å². The van der Waals surface area contributed by atoms with Crippen LogP contribution in [0.1, 0.15) is 44.9 Å². The fourth-order valence-electron chi connectivity index (χ4n) is 2.79. The smallest absolute Gasteiger partial charge is 0.237 e. The highest BCUT2D eigenvalue weighted by atomic mass is 16.2. The third kappa shape index (κ3) is 4.49. The van der Waals surface area contributed by atoms with E-state index in [0.717, 1.165) is 51.7 Å². The standard InChI is InChI=1S/C14H25N3O2/c18-13(17-10-4-1-5-11-17)7-9-16-14(19)12-6-2-3-8-15-12/h12,15H,1-11H2,(H,16,19)/t12-/m1/s1. The fraction of sp³-hybridized carbons (Fsp3) is 0.857. The molecule has 2 aliphatic heterocycles. The van der Waals surface area contributed by atoms with Gasteiger partial charge in [-0.05, 0) is 38.6 Å². The molecule has 2 saturated heterocycles. The second-order valence-corrected chi connectivity index (χ2v) is 5.48. The first-order valence-electron chi connectivity index (χ1n) is 7.56. The Labute approximate surface area is 115 Å². The van der Waals surface area contributed by atoms with E-state index < -0.39 is 0 Å². The zero-order valence-electron chi connectivity index (χ0n) is 11.6. The Morgan fingerprint density at radius 3 is 2.58 bits per heavy atom. The summed E-state index contributed by atoms with van der Waals surface area (Å²) in [5, 5.41) is 6.09. The lowest BCUT2D eigenvalue weighted by Crippen LogP contribution is -2.47. The van der Waals surface area contributed by atoms with Crippen LogP contribution in [0, 0.1) is 0 Å². The second kappa shape index (κ2) is 7.48. The molecular weight excluding hydrogens is 242 g/mol. The molecule has 2 amide bonds. The molecule has 2 fully saturated rings. The summed E-state index contributed by atoms with van der Waals surface area (Å²) in [6.45, 7) is 3.16. The van der Waals surface area contributed by atoms with E-state index in [1.165, 1.54) is 6.42 Å². The summed E-state index contributed by atoms with van der Waals surface area (Å²) in [5.74, 6) is 0.225. The first kappa shape index (κ1) is 14.3. The molecule has 2 N–H and O–H groups in total. The normalized spacial score (nSPS) is 24.0. The third-order valence-corrected chi connectivity index (χ3v) is 3.97. The molecule has 19 heavy (non-hydrogen) atoms.